The third kappa shape index (κ3) is 3.86. The van der Waals surface area contributed by atoms with Crippen molar-refractivity contribution in [3.8, 4) is 5.88 Å². The number of nitrogen functional groups attached to an aromatic ring is 1. The van der Waals surface area contributed by atoms with Gasteiger partial charge in [-0.25, -0.2) is 9.97 Å². The zero-order chi connectivity index (χ0) is 15.4. The van der Waals surface area contributed by atoms with Gasteiger partial charge in [-0.3, -0.25) is 0 Å². The van der Waals surface area contributed by atoms with Crippen LogP contribution in [0, 0.1) is 17.8 Å². The fraction of sp³-hybridized carbons (Fsp3) is 0.765. The summed E-state index contributed by atoms with van der Waals surface area (Å²) in [7, 11) is 0. The van der Waals surface area contributed by atoms with E-state index in [2.05, 4.69) is 37.7 Å². The first-order valence-corrected chi connectivity index (χ1v) is 8.28. The largest absolute Gasteiger partial charge is 0.474 e. The molecule has 2 N–H and O–H groups in total. The number of hydrogen-bond donors (Lipinski definition) is 1. The molecule has 21 heavy (non-hydrogen) atoms. The Labute approximate surface area is 128 Å². The second-order valence-electron chi connectivity index (χ2n) is 6.78. The van der Waals surface area contributed by atoms with Crippen molar-refractivity contribution in [3.63, 3.8) is 0 Å². The second kappa shape index (κ2) is 7.10. The molecule has 0 aromatic carbocycles. The Hall–Kier alpha value is -1.32. The molecule has 0 spiro atoms. The molecular formula is C17H29N3O. The topological polar surface area (TPSA) is 61.0 Å². The van der Waals surface area contributed by atoms with Crippen LogP contribution in [0.15, 0.2) is 6.33 Å². The molecule has 2 rings (SSSR count). The molecule has 0 saturated heterocycles. The number of anilines is 1. The predicted octanol–water partition coefficient (Wildman–Crippen LogP) is 3.85. The number of nitrogens with two attached hydrogens (primary N) is 1. The smallest absolute Gasteiger partial charge is 0.222 e. The van der Waals surface area contributed by atoms with Crippen molar-refractivity contribution in [3.05, 3.63) is 11.9 Å². The lowest BCUT2D eigenvalue weighted by Crippen LogP contribution is -2.36. The van der Waals surface area contributed by atoms with Crippen LogP contribution >= 0.6 is 0 Å². The van der Waals surface area contributed by atoms with Gasteiger partial charge in [-0.2, -0.15) is 0 Å². The Morgan fingerprint density at radius 3 is 2.76 bits per heavy atom. The molecule has 1 aliphatic rings. The first-order valence-electron chi connectivity index (χ1n) is 8.28. The second-order valence-corrected chi connectivity index (χ2v) is 6.78. The number of nitrogens with zero attached hydrogens (tertiary/aromatic N) is 2. The van der Waals surface area contributed by atoms with E-state index in [0.717, 1.165) is 30.7 Å². The van der Waals surface area contributed by atoms with Crippen molar-refractivity contribution in [1.29, 1.82) is 0 Å². The standard InChI is InChI=1S/C17H29N3O/c1-5-6-14-16(18)19-10-20-17(14)21-15-9-12(4)7-8-13(15)11(2)3/h10-13,15H,5-9H2,1-4H3,(H2,18,19,20). The van der Waals surface area contributed by atoms with Gasteiger partial charge in [-0.05, 0) is 37.0 Å². The van der Waals surface area contributed by atoms with Gasteiger partial charge in [0.15, 0.2) is 0 Å². The maximum absolute atomic E-state index is 6.33. The monoisotopic (exact) mass is 291 g/mol. The van der Waals surface area contributed by atoms with Gasteiger partial charge in [-0.1, -0.05) is 40.5 Å². The molecule has 4 heteroatoms. The molecule has 0 amide bonds. The van der Waals surface area contributed by atoms with Crippen molar-refractivity contribution in [2.75, 3.05) is 5.73 Å². The maximum atomic E-state index is 6.33. The van der Waals surface area contributed by atoms with Crippen molar-refractivity contribution in [1.82, 2.24) is 9.97 Å². The average Bonchev–Trinajstić information content (AvgIpc) is 2.42. The van der Waals surface area contributed by atoms with E-state index < -0.39 is 0 Å². The first-order chi connectivity index (χ1) is 10.0. The molecule has 4 nitrogen and oxygen atoms in total. The van der Waals surface area contributed by atoms with Gasteiger partial charge in [0.1, 0.15) is 18.2 Å². The average molecular weight is 291 g/mol. The van der Waals surface area contributed by atoms with E-state index in [4.69, 9.17) is 10.5 Å². The van der Waals surface area contributed by atoms with Crippen LogP contribution in [0.5, 0.6) is 5.88 Å². The van der Waals surface area contributed by atoms with Crippen molar-refractivity contribution < 1.29 is 4.74 Å². The number of rotatable bonds is 5. The minimum Gasteiger partial charge on any atom is -0.474 e. The number of hydrogen-bond acceptors (Lipinski definition) is 4. The van der Waals surface area contributed by atoms with Crippen LogP contribution in [0.2, 0.25) is 0 Å². The Balaban J connectivity index is 2.20. The van der Waals surface area contributed by atoms with E-state index in [1.807, 2.05) is 0 Å². The summed E-state index contributed by atoms with van der Waals surface area (Å²) in [5, 5.41) is 0. The van der Waals surface area contributed by atoms with E-state index >= 15 is 0 Å². The van der Waals surface area contributed by atoms with Crippen LogP contribution in [-0.2, 0) is 6.42 Å². The number of aromatic nitrogens is 2. The molecule has 1 aromatic heterocycles. The molecule has 1 aliphatic carbocycles. The van der Waals surface area contributed by atoms with Crippen LogP contribution in [0.25, 0.3) is 0 Å². The molecule has 3 unspecified atom stereocenters. The lowest BCUT2D eigenvalue weighted by Gasteiger charge is -2.37. The lowest BCUT2D eigenvalue weighted by atomic mass is 9.75. The molecule has 3 atom stereocenters. The van der Waals surface area contributed by atoms with Crippen LogP contribution < -0.4 is 10.5 Å². The van der Waals surface area contributed by atoms with Gasteiger partial charge in [0.05, 0.1) is 5.56 Å². The van der Waals surface area contributed by atoms with Gasteiger partial charge in [0.2, 0.25) is 5.88 Å². The minimum atomic E-state index is 0.249. The molecule has 0 aliphatic heterocycles. The zero-order valence-electron chi connectivity index (χ0n) is 13.8. The summed E-state index contributed by atoms with van der Waals surface area (Å²) < 4.78 is 6.33. The van der Waals surface area contributed by atoms with E-state index in [1.165, 1.54) is 19.2 Å². The summed E-state index contributed by atoms with van der Waals surface area (Å²) in [6.07, 6.45) is 7.31. The highest BCUT2D eigenvalue weighted by molar-refractivity contribution is 5.44. The van der Waals surface area contributed by atoms with Crippen molar-refractivity contribution >= 4 is 5.82 Å². The van der Waals surface area contributed by atoms with Crippen LogP contribution in [0.4, 0.5) is 5.82 Å². The summed E-state index contributed by atoms with van der Waals surface area (Å²) in [5.41, 5.74) is 6.98. The summed E-state index contributed by atoms with van der Waals surface area (Å²) in [6, 6.07) is 0. The fourth-order valence-corrected chi connectivity index (χ4v) is 3.39. The van der Waals surface area contributed by atoms with Crippen molar-refractivity contribution in [2.45, 2.75) is 65.9 Å². The summed E-state index contributed by atoms with van der Waals surface area (Å²) in [5.74, 6) is 3.22. The number of ether oxygens (including phenoxy) is 1. The maximum Gasteiger partial charge on any atom is 0.222 e. The van der Waals surface area contributed by atoms with E-state index in [1.54, 1.807) is 0 Å². The molecule has 0 radical (unpaired) electrons. The summed E-state index contributed by atoms with van der Waals surface area (Å²) >= 11 is 0. The quantitative estimate of drug-likeness (QED) is 0.895. The lowest BCUT2D eigenvalue weighted by molar-refractivity contribution is 0.0418. The fourth-order valence-electron chi connectivity index (χ4n) is 3.39. The molecular weight excluding hydrogens is 262 g/mol. The normalized spacial score (nSPS) is 26.0. The molecule has 0 bridgehead atoms. The van der Waals surface area contributed by atoms with Gasteiger partial charge in [0, 0.05) is 0 Å². The first kappa shape index (κ1) is 16.1. The van der Waals surface area contributed by atoms with Gasteiger partial charge in [0.25, 0.3) is 0 Å². The van der Waals surface area contributed by atoms with Gasteiger partial charge < -0.3 is 10.5 Å². The molecule has 1 fully saturated rings. The van der Waals surface area contributed by atoms with Crippen LogP contribution in [-0.4, -0.2) is 16.1 Å². The molecule has 1 saturated carbocycles. The summed E-state index contributed by atoms with van der Waals surface area (Å²) in [4.78, 5) is 8.46. The minimum absolute atomic E-state index is 0.249. The highest BCUT2D eigenvalue weighted by Crippen LogP contribution is 2.36. The van der Waals surface area contributed by atoms with E-state index in [-0.39, 0.29) is 6.10 Å². The Bertz CT molecular complexity index is 461. The summed E-state index contributed by atoms with van der Waals surface area (Å²) in [6.45, 7) is 9.03. The van der Waals surface area contributed by atoms with Crippen LogP contribution in [0.1, 0.15) is 58.9 Å². The molecule has 118 valence electrons. The third-order valence-corrected chi connectivity index (χ3v) is 4.66. The Morgan fingerprint density at radius 2 is 2.10 bits per heavy atom. The predicted molar refractivity (Wildman–Crippen MR) is 86.2 cm³/mol. The Morgan fingerprint density at radius 1 is 1.33 bits per heavy atom. The SMILES string of the molecule is CCCc1c(N)ncnc1OC1CC(C)CCC1C(C)C. The highest BCUT2D eigenvalue weighted by Gasteiger charge is 2.33. The van der Waals surface area contributed by atoms with Gasteiger partial charge >= 0.3 is 0 Å². The zero-order valence-corrected chi connectivity index (χ0v) is 13.8. The van der Waals surface area contributed by atoms with E-state index in [0.29, 0.717) is 23.5 Å². The highest BCUT2D eigenvalue weighted by atomic mass is 16.5. The van der Waals surface area contributed by atoms with E-state index in [9.17, 15) is 0 Å². The third-order valence-electron chi connectivity index (χ3n) is 4.66. The van der Waals surface area contributed by atoms with Crippen LogP contribution in [0.3, 0.4) is 0 Å². The van der Waals surface area contributed by atoms with Crippen molar-refractivity contribution in [2.24, 2.45) is 17.8 Å². The molecule has 1 aromatic rings. The van der Waals surface area contributed by atoms with Gasteiger partial charge in [-0.15, -0.1) is 0 Å². The molecule has 1 heterocycles. The Kier molecular flexibility index (Phi) is 5.43.